The van der Waals surface area contributed by atoms with Gasteiger partial charge in [-0.25, -0.2) is 4.98 Å². The second kappa shape index (κ2) is 6.43. The Hall–Kier alpha value is -2.96. The molecule has 23 heavy (non-hydrogen) atoms. The predicted octanol–water partition coefficient (Wildman–Crippen LogP) is 1.50. The van der Waals surface area contributed by atoms with Crippen LogP contribution in [0.2, 0.25) is 0 Å². The molecule has 7 heteroatoms. The number of hydrogen-bond donors (Lipinski definition) is 1. The van der Waals surface area contributed by atoms with Gasteiger partial charge >= 0.3 is 5.97 Å². The molecular weight excluding hydrogens is 298 g/mol. The number of benzene rings is 1. The van der Waals surface area contributed by atoms with Crippen molar-refractivity contribution in [3.05, 3.63) is 42.0 Å². The molecular formula is C16H17N3O4. The maximum absolute atomic E-state index is 12.1. The molecule has 0 aliphatic rings. The van der Waals surface area contributed by atoms with Crippen LogP contribution in [0.15, 0.2) is 30.9 Å². The number of aromatic nitrogens is 2. The highest BCUT2D eigenvalue weighted by Crippen LogP contribution is 2.27. The Morgan fingerprint density at radius 1 is 1.22 bits per heavy atom. The zero-order valence-electron chi connectivity index (χ0n) is 13.1. The number of carbonyl (C=O) groups excluding carboxylic acids is 2. The van der Waals surface area contributed by atoms with Gasteiger partial charge in [-0.1, -0.05) is 6.07 Å². The van der Waals surface area contributed by atoms with Crippen molar-refractivity contribution < 1.29 is 19.5 Å². The van der Waals surface area contributed by atoms with Crippen molar-refractivity contribution in [1.29, 1.82) is 0 Å². The molecule has 0 atom stereocenters. The third kappa shape index (κ3) is 3.45. The second-order valence-corrected chi connectivity index (χ2v) is 5.24. The van der Waals surface area contributed by atoms with E-state index < -0.39 is 24.2 Å². The minimum atomic E-state index is -1.19. The minimum absolute atomic E-state index is 0.391. The van der Waals surface area contributed by atoms with Gasteiger partial charge < -0.3 is 9.67 Å². The number of aryl methyl sites for hydroxylation is 2. The number of amides is 1. The first kappa shape index (κ1) is 16.4. The molecule has 1 N–H and O–H groups in total. The molecule has 1 aromatic carbocycles. The average molecular weight is 315 g/mol. The second-order valence-electron chi connectivity index (χ2n) is 5.24. The van der Waals surface area contributed by atoms with Crippen molar-refractivity contribution >= 4 is 23.3 Å². The highest BCUT2D eigenvalue weighted by Gasteiger charge is 2.24. The summed E-state index contributed by atoms with van der Waals surface area (Å²) in [6.07, 6.45) is 4.97. The lowest BCUT2D eigenvalue weighted by Gasteiger charge is -2.23. The van der Waals surface area contributed by atoms with Crippen molar-refractivity contribution in [2.24, 2.45) is 0 Å². The van der Waals surface area contributed by atoms with Crippen LogP contribution in [0.25, 0.3) is 5.69 Å². The Morgan fingerprint density at radius 3 is 2.43 bits per heavy atom. The minimum Gasteiger partial charge on any atom is -0.480 e. The molecule has 2 aromatic rings. The van der Waals surface area contributed by atoms with E-state index in [1.54, 1.807) is 36.3 Å². The van der Waals surface area contributed by atoms with Crippen molar-refractivity contribution in [2.45, 2.75) is 20.8 Å². The zero-order valence-corrected chi connectivity index (χ0v) is 13.1. The lowest BCUT2D eigenvalue weighted by molar-refractivity contribution is -0.138. The summed E-state index contributed by atoms with van der Waals surface area (Å²) in [5.41, 5.74) is 2.80. The number of carboxylic acids is 1. The summed E-state index contributed by atoms with van der Waals surface area (Å²) < 4.78 is 1.76. The fourth-order valence-electron chi connectivity index (χ4n) is 2.39. The van der Waals surface area contributed by atoms with Gasteiger partial charge in [0.05, 0.1) is 12.0 Å². The Bertz CT molecular complexity index is 766. The molecule has 0 bridgehead atoms. The SMILES string of the molecule is CC(=O)C(=O)N(CC(=O)O)c1cc(-n2ccnc2)c(C)cc1C. The van der Waals surface area contributed by atoms with Crippen molar-refractivity contribution in [1.82, 2.24) is 9.55 Å². The van der Waals surface area contributed by atoms with Gasteiger partial charge in [-0.3, -0.25) is 19.3 Å². The Labute approximate surface area is 133 Å². The third-order valence-corrected chi connectivity index (χ3v) is 3.43. The van der Waals surface area contributed by atoms with Gasteiger partial charge in [-0.15, -0.1) is 0 Å². The van der Waals surface area contributed by atoms with Crippen LogP contribution in [0.5, 0.6) is 0 Å². The third-order valence-electron chi connectivity index (χ3n) is 3.43. The maximum Gasteiger partial charge on any atom is 0.323 e. The summed E-state index contributed by atoms with van der Waals surface area (Å²) in [7, 11) is 0. The van der Waals surface area contributed by atoms with E-state index in [1.165, 1.54) is 0 Å². The van der Waals surface area contributed by atoms with E-state index in [-0.39, 0.29) is 0 Å². The highest BCUT2D eigenvalue weighted by molar-refractivity contribution is 6.41. The number of carbonyl (C=O) groups is 3. The standard InChI is InChI=1S/C16H17N3O4/c1-10-6-11(2)14(7-13(10)18-5-4-17-9-18)19(8-15(21)22)16(23)12(3)20/h4-7,9H,8H2,1-3H3,(H,21,22). The topological polar surface area (TPSA) is 92.5 Å². The van der Waals surface area contributed by atoms with Crippen LogP contribution >= 0.6 is 0 Å². The number of carboxylic acid groups (broad SMARTS) is 1. The normalized spacial score (nSPS) is 10.4. The lowest BCUT2D eigenvalue weighted by Crippen LogP contribution is -2.39. The summed E-state index contributed by atoms with van der Waals surface area (Å²) in [5.74, 6) is -2.75. The summed E-state index contributed by atoms with van der Waals surface area (Å²) in [6.45, 7) is 4.21. The fraction of sp³-hybridized carbons (Fsp3) is 0.250. The molecule has 0 aliphatic heterocycles. The number of anilines is 1. The highest BCUT2D eigenvalue weighted by atomic mass is 16.4. The van der Waals surface area contributed by atoms with E-state index in [0.717, 1.165) is 23.1 Å². The number of nitrogens with zero attached hydrogens (tertiary/aromatic N) is 3. The van der Waals surface area contributed by atoms with Gasteiger partial charge in [0.25, 0.3) is 5.91 Å². The number of aliphatic carboxylic acids is 1. The number of imidazole rings is 1. The molecule has 0 saturated heterocycles. The molecule has 0 radical (unpaired) electrons. The van der Waals surface area contributed by atoms with E-state index in [9.17, 15) is 14.4 Å². The molecule has 1 amide bonds. The molecule has 1 heterocycles. The monoisotopic (exact) mass is 315 g/mol. The Balaban J connectivity index is 2.58. The Kier molecular flexibility index (Phi) is 4.59. The van der Waals surface area contributed by atoms with Gasteiger partial charge in [-0.05, 0) is 31.0 Å². The van der Waals surface area contributed by atoms with Crippen molar-refractivity contribution in [3.8, 4) is 5.69 Å². The lowest BCUT2D eigenvalue weighted by atomic mass is 10.1. The molecule has 0 spiro atoms. The first-order valence-electron chi connectivity index (χ1n) is 6.95. The molecule has 2 rings (SSSR count). The number of rotatable bonds is 5. The molecule has 0 aliphatic carbocycles. The molecule has 0 fully saturated rings. The molecule has 120 valence electrons. The van der Waals surface area contributed by atoms with E-state index in [2.05, 4.69) is 4.98 Å². The van der Waals surface area contributed by atoms with E-state index in [1.807, 2.05) is 13.0 Å². The van der Waals surface area contributed by atoms with Crippen molar-refractivity contribution in [3.63, 3.8) is 0 Å². The van der Waals surface area contributed by atoms with E-state index in [4.69, 9.17) is 5.11 Å². The van der Waals surface area contributed by atoms with Gasteiger partial charge in [0, 0.05) is 25.0 Å². The van der Waals surface area contributed by atoms with Crippen molar-refractivity contribution in [2.75, 3.05) is 11.4 Å². The number of Topliss-reactive ketones (excluding diaryl/α,β-unsaturated/α-hetero) is 1. The first-order valence-corrected chi connectivity index (χ1v) is 6.95. The van der Waals surface area contributed by atoms with Gasteiger partial charge in [-0.2, -0.15) is 0 Å². The number of ketones is 1. The first-order chi connectivity index (χ1) is 10.8. The summed E-state index contributed by atoms with van der Waals surface area (Å²) in [6, 6.07) is 3.53. The van der Waals surface area contributed by atoms with Crippen LogP contribution < -0.4 is 4.90 Å². The summed E-state index contributed by atoms with van der Waals surface area (Å²) in [5, 5.41) is 9.05. The van der Waals surface area contributed by atoms with Gasteiger partial charge in [0.1, 0.15) is 6.54 Å². The molecule has 0 saturated carbocycles. The molecule has 7 nitrogen and oxygen atoms in total. The van der Waals surface area contributed by atoms with Gasteiger partial charge in [0.15, 0.2) is 0 Å². The maximum atomic E-state index is 12.1. The van der Waals surface area contributed by atoms with Crippen LogP contribution in [-0.4, -0.2) is 38.9 Å². The van der Waals surface area contributed by atoms with Crippen LogP contribution in [0.1, 0.15) is 18.1 Å². The smallest absolute Gasteiger partial charge is 0.323 e. The summed E-state index contributed by atoms with van der Waals surface area (Å²) in [4.78, 5) is 39.6. The number of hydrogen-bond acceptors (Lipinski definition) is 4. The Morgan fingerprint density at radius 2 is 1.91 bits per heavy atom. The molecule has 1 aromatic heterocycles. The average Bonchev–Trinajstić information content (AvgIpc) is 2.98. The zero-order chi connectivity index (χ0) is 17.1. The van der Waals surface area contributed by atoms with Crippen LogP contribution in [-0.2, 0) is 14.4 Å². The van der Waals surface area contributed by atoms with Crippen LogP contribution in [0, 0.1) is 13.8 Å². The van der Waals surface area contributed by atoms with Crippen LogP contribution in [0.3, 0.4) is 0 Å². The predicted molar refractivity (Wildman–Crippen MR) is 83.7 cm³/mol. The fourth-order valence-corrected chi connectivity index (χ4v) is 2.39. The largest absolute Gasteiger partial charge is 0.480 e. The quantitative estimate of drug-likeness (QED) is 0.844. The summed E-state index contributed by atoms with van der Waals surface area (Å²) >= 11 is 0. The van der Waals surface area contributed by atoms with Gasteiger partial charge in [0.2, 0.25) is 5.78 Å². The van der Waals surface area contributed by atoms with E-state index in [0.29, 0.717) is 11.3 Å². The van der Waals surface area contributed by atoms with Crippen LogP contribution in [0.4, 0.5) is 5.69 Å². The van der Waals surface area contributed by atoms with E-state index >= 15 is 0 Å². The molecule has 0 unspecified atom stereocenters.